The lowest BCUT2D eigenvalue weighted by Crippen LogP contribution is -2.25. The van der Waals surface area contributed by atoms with Gasteiger partial charge in [-0.25, -0.2) is 0 Å². The minimum atomic E-state index is 1.24. The van der Waals surface area contributed by atoms with Gasteiger partial charge in [-0.1, -0.05) is 66.8 Å². The minimum Gasteiger partial charge on any atom is -0.347 e. The van der Waals surface area contributed by atoms with Gasteiger partial charge in [-0.3, -0.25) is 0 Å². The highest BCUT2D eigenvalue weighted by Gasteiger charge is 2.11. The number of hydrogen-bond acceptors (Lipinski definition) is 0. The molecule has 0 atom stereocenters. The van der Waals surface area contributed by atoms with Crippen LogP contribution in [0.4, 0.5) is 0 Å². The Hall–Kier alpha value is -3.06. The second-order valence-corrected chi connectivity index (χ2v) is 7.19. The van der Waals surface area contributed by atoms with E-state index in [2.05, 4.69) is 111 Å². The predicted octanol–water partition coefficient (Wildman–Crippen LogP) is 5.12. The number of aryl methyl sites for hydroxylation is 1. The molecule has 0 aliphatic heterocycles. The van der Waals surface area contributed by atoms with Crippen LogP contribution in [0.15, 0.2) is 66.8 Å². The van der Waals surface area contributed by atoms with Crippen molar-refractivity contribution in [3.8, 4) is 0 Å². The zero-order valence-corrected chi connectivity index (χ0v) is 16.5. The zero-order valence-electron chi connectivity index (χ0n) is 16.5. The molecule has 0 N–H and O–H groups in total. The predicted molar refractivity (Wildman–Crippen MR) is 119 cm³/mol. The topological polar surface area (TPSA) is 4.93 Å². The summed E-state index contributed by atoms with van der Waals surface area (Å²) in [6.45, 7) is 6.46. The molecule has 3 aromatic rings. The first-order valence-electron chi connectivity index (χ1n) is 9.48. The summed E-state index contributed by atoms with van der Waals surface area (Å²) in [5.74, 6) is 0. The quantitative estimate of drug-likeness (QED) is 0.603. The summed E-state index contributed by atoms with van der Waals surface area (Å²) in [6.07, 6.45) is 13.2. The van der Waals surface area contributed by atoms with Crippen molar-refractivity contribution in [3.63, 3.8) is 0 Å². The maximum atomic E-state index is 2.33. The lowest BCUT2D eigenvalue weighted by Gasteiger charge is -2.07. The summed E-state index contributed by atoms with van der Waals surface area (Å²) in [7, 11) is 2.14. The Labute approximate surface area is 161 Å². The number of fused-ring (bicyclic) bond motifs is 2. The average molecular weight is 351 g/mol. The van der Waals surface area contributed by atoms with Crippen molar-refractivity contribution >= 4 is 34.2 Å². The SMILES string of the molecule is C/C=C\c1c(C)n(C)c2ccc(C3=CC(C)=c4ccccc4=CC=C3)cc12. The number of nitrogens with zero attached hydrogens (tertiary/aromatic N) is 1. The Morgan fingerprint density at radius 2 is 1.81 bits per heavy atom. The molecule has 1 nitrogen and oxygen atoms in total. The van der Waals surface area contributed by atoms with Crippen LogP contribution in [0.1, 0.15) is 30.7 Å². The first kappa shape index (κ1) is 17.4. The summed E-state index contributed by atoms with van der Waals surface area (Å²) >= 11 is 0. The van der Waals surface area contributed by atoms with Crippen molar-refractivity contribution in [2.24, 2.45) is 7.05 Å². The van der Waals surface area contributed by atoms with Gasteiger partial charge >= 0.3 is 0 Å². The van der Waals surface area contributed by atoms with Gasteiger partial charge in [0.05, 0.1) is 0 Å². The second-order valence-electron chi connectivity index (χ2n) is 7.19. The normalized spacial score (nSPS) is 14.1. The first-order valence-corrected chi connectivity index (χ1v) is 9.48. The van der Waals surface area contributed by atoms with Crippen LogP contribution in [0, 0.1) is 6.92 Å². The number of aromatic nitrogens is 1. The standard InChI is InChI=1S/C26H25N/c1-5-9-24-19(3)27(4)26-15-14-22(17-25(24)26)21-12-8-11-20-10-6-7-13-23(20)18(2)16-21/h5-17H,1-4H3/b9-5-,11-8?,12-8?,18-16?,20-11?,21-12?,21-16?,23-18?. The summed E-state index contributed by atoms with van der Waals surface area (Å²) in [6, 6.07) is 15.4. The average Bonchev–Trinajstić information content (AvgIpc) is 2.91. The fourth-order valence-corrected chi connectivity index (χ4v) is 3.95. The molecule has 0 bridgehead atoms. The molecule has 0 amide bonds. The molecule has 0 saturated heterocycles. The maximum Gasteiger partial charge on any atom is 0.0486 e. The summed E-state index contributed by atoms with van der Waals surface area (Å²) in [5.41, 5.74) is 7.67. The molecule has 0 fully saturated rings. The molecular weight excluding hydrogens is 326 g/mol. The van der Waals surface area contributed by atoms with Crippen LogP contribution in [-0.2, 0) is 7.05 Å². The molecule has 0 unspecified atom stereocenters. The molecular formula is C26H25N. The molecule has 1 heteroatoms. The van der Waals surface area contributed by atoms with E-state index in [1.165, 1.54) is 49.3 Å². The molecule has 134 valence electrons. The molecule has 2 aromatic carbocycles. The van der Waals surface area contributed by atoms with Crippen LogP contribution in [0.2, 0.25) is 0 Å². The molecule has 0 radical (unpaired) electrons. The third-order valence-electron chi connectivity index (χ3n) is 5.52. The van der Waals surface area contributed by atoms with Gasteiger partial charge in [-0.05, 0) is 60.1 Å². The zero-order chi connectivity index (χ0) is 19.0. The number of allylic oxidation sites excluding steroid dienone is 5. The van der Waals surface area contributed by atoms with Crippen molar-refractivity contribution in [2.45, 2.75) is 20.8 Å². The lowest BCUT2D eigenvalue weighted by molar-refractivity contribution is 0.916. The Kier molecular flexibility index (Phi) is 4.45. The van der Waals surface area contributed by atoms with Crippen LogP contribution in [0.25, 0.3) is 34.2 Å². The van der Waals surface area contributed by atoms with E-state index in [9.17, 15) is 0 Å². The van der Waals surface area contributed by atoms with Crippen molar-refractivity contribution < 1.29 is 0 Å². The summed E-state index contributed by atoms with van der Waals surface area (Å²) in [4.78, 5) is 0. The van der Waals surface area contributed by atoms with Crippen molar-refractivity contribution in [1.29, 1.82) is 0 Å². The Morgan fingerprint density at radius 1 is 1.00 bits per heavy atom. The van der Waals surface area contributed by atoms with Gasteiger partial charge in [0.15, 0.2) is 0 Å². The van der Waals surface area contributed by atoms with Crippen LogP contribution < -0.4 is 10.4 Å². The smallest absolute Gasteiger partial charge is 0.0486 e. The van der Waals surface area contributed by atoms with E-state index in [0.717, 1.165) is 0 Å². The number of benzene rings is 2. The van der Waals surface area contributed by atoms with Gasteiger partial charge in [0.25, 0.3) is 0 Å². The monoisotopic (exact) mass is 351 g/mol. The van der Waals surface area contributed by atoms with Crippen LogP contribution in [0.5, 0.6) is 0 Å². The van der Waals surface area contributed by atoms with E-state index < -0.39 is 0 Å². The van der Waals surface area contributed by atoms with Crippen LogP contribution in [-0.4, -0.2) is 4.57 Å². The molecule has 1 aliphatic carbocycles. The van der Waals surface area contributed by atoms with E-state index >= 15 is 0 Å². The Bertz CT molecular complexity index is 1240. The third-order valence-corrected chi connectivity index (χ3v) is 5.52. The van der Waals surface area contributed by atoms with E-state index in [-0.39, 0.29) is 0 Å². The molecule has 0 spiro atoms. The Morgan fingerprint density at radius 3 is 2.63 bits per heavy atom. The molecule has 27 heavy (non-hydrogen) atoms. The van der Waals surface area contributed by atoms with Crippen molar-refractivity contribution in [2.75, 3.05) is 0 Å². The van der Waals surface area contributed by atoms with Crippen LogP contribution in [0.3, 0.4) is 0 Å². The van der Waals surface area contributed by atoms with Crippen molar-refractivity contribution in [3.05, 3.63) is 94.0 Å². The van der Waals surface area contributed by atoms with E-state index in [4.69, 9.17) is 0 Å². The second kappa shape index (κ2) is 6.92. The van der Waals surface area contributed by atoms with Crippen LogP contribution >= 0.6 is 0 Å². The first-order chi connectivity index (χ1) is 13.1. The largest absolute Gasteiger partial charge is 0.347 e. The fourth-order valence-electron chi connectivity index (χ4n) is 3.95. The third kappa shape index (κ3) is 3.00. The van der Waals surface area contributed by atoms with E-state index in [1.54, 1.807) is 0 Å². The molecule has 4 rings (SSSR count). The molecule has 1 heterocycles. The minimum absolute atomic E-state index is 1.24. The van der Waals surface area contributed by atoms with Crippen molar-refractivity contribution in [1.82, 2.24) is 4.57 Å². The number of rotatable bonds is 2. The Balaban J connectivity index is 1.94. The lowest BCUT2D eigenvalue weighted by atomic mass is 9.97. The molecule has 1 aromatic heterocycles. The number of hydrogen-bond donors (Lipinski definition) is 0. The van der Waals surface area contributed by atoms with Gasteiger partial charge in [0.1, 0.15) is 0 Å². The van der Waals surface area contributed by atoms with Gasteiger partial charge < -0.3 is 4.57 Å². The van der Waals surface area contributed by atoms with E-state index in [1.807, 2.05) is 0 Å². The molecule has 1 aliphatic rings. The van der Waals surface area contributed by atoms with Gasteiger partial charge in [0.2, 0.25) is 0 Å². The van der Waals surface area contributed by atoms with Gasteiger partial charge in [0, 0.05) is 29.2 Å². The van der Waals surface area contributed by atoms with Gasteiger partial charge in [-0.15, -0.1) is 0 Å². The van der Waals surface area contributed by atoms with E-state index in [0.29, 0.717) is 0 Å². The molecule has 0 saturated carbocycles. The highest BCUT2D eigenvalue weighted by molar-refractivity contribution is 5.95. The highest BCUT2D eigenvalue weighted by atomic mass is 14.9. The highest BCUT2D eigenvalue weighted by Crippen LogP contribution is 2.30. The maximum absolute atomic E-state index is 2.33. The van der Waals surface area contributed by atoms with Gasteiger partial charge in [-0.2, -0.15) is 0 Å². The summed E-state index contributed by atoms with van der Waals surface area (Å²) < 4.78 is 2.28. The fraction of sp³-hybridized carbons (Fsp3) is 0.154. The summed E-state index contributed by atoms with van der Waals surface area (Å²) in [5, 5.41) is 3.88.